The number of carbonyl (C=O) groups is 1. The van der Waals surface area contributed by atoms with E-state index in [1.807, 2.05) is 18.7 Å². The first-order valence-corrected chi connectivity index (χ1v) is 8.35. The standard InChI is InChI=1S/C16H26FN7O/c1-12(2)21-16(20-11-14(25)22(3)4)24-7-5-23(6-8-24)15-18-9-13(17)10-19-15/h9-10,12H,5-8,11H2,1-4H3,(H,20,21). The molecule has 1 fully saturated rings. The van der Waals surface area contributed by atoms with Crippen LogP contribution in [0.4, 0.5) is 10.3 Å². The van der Waals surface area contributed by atoms with E-state index < -0.39 is 5.82 Å². The zero-order valence-electron chi connectivity index (χ0n) is 15.2. The molecule has 0 aliphatic carbocycles. The Hall–Kier alpha value is -2.45. The molecular weight excluding hydrogens is 325 g/mol. The van der Waals surface area contributed by atoms with E-state index in [0.29, 0.717) is 19.0 Å². The maximum atomic E-state index is 12.9. The van der Waals surface area contributed by atoms with Crippen LogP contribution in [-0.2, 0) is 4.79 Å². The maximum absolute atomic E-state index is 12.9. The highest BCUT2D eigenvalue weighted by Gasteiger charge is 2.22. The second-order valence-electron chi connectivity index (χ2n) is 6.40. The number of aliphatic imine (C=N–C) groups is 1. The molecule has 9 heteroatoms. The van der Waals surface area contributed by atoms with E-state index in [1.54, 1.807) is 14.1 Å². The van der Waals surface area contributed by atoms with Gasteiger partial charge in [-0.15, -0.1) is 0 Å². The summed E-state index contributed by atoms with van der Waals surface area (Å²) in [6, 6.07) is 0.215. The quantitative estimate of drug-likeness (QED) is 0.616. The minimum atomic E-state index is -0.441. The second-order valence-corrected chi connectivity index (χ2v) is 6.40. The van der Waals surface area contributed by atoms with Gasteiger partial charge in [-0.25, -0.2) is 19.4 Å². The Morgan fingerprint density at radius 1 is 1.28 bits per heavy atom. The molecule has 1 aliphatic rings. The molecular formula is C16H26FN7O. The molecule has 1 aromatic heterocycles. The van der Waals surface area contributed by atoms with Crippen molar-refractivity contribution in [2.75, 3.05) is 51.7 Å². The van der Waals surface area contributed by atoms with E-state index in [2.05, 4.69) is 25.2 Å². The molecule has 8 nitrogen and oxygen atoms in total. The summed E-state index contributed by atoms with van der Waals surface area (Å²) in [6.07, 6.45) is 2.35. The van der Waals surface area contributed by atoms with Crippen LogP contribution in [-0.4, -0.2) is 84.5 Å². The molecule has 0 unspecified atom stereocenters. The first-order valence-electron chi connectivity index (χ1n) is 8.35. The summed E-state index contributed by atoms with van der Waals surface area (Å²) in [4.78, 5) is 30.0. The minimum Gasteiger partial charge on any atom is -0.354 e. The second kappa shape index (κ2) is 8.59. The number of hydrogen-bond donors (Lipinski definition) is 1. The third kappa shape index (κ3) is 5.54. The summed E-state index contributed by atoms with van der Waals surface area (Å²) >= 11 is 0. The Kier molecular flexibility index (Phi) is 6.49. The highest BCUT2D eigenvalue weighted by molar-refractivity contribution is 5.85. The lowest BCUT2D eigenvalue weighted by atomic mass is 10.3. The van der Waals surface area contributed by atoms with Crippen molar-refractivity contribution in [2.45, 2.75) is 19.9 Å². The molecule has 1 amide bonds. The monoisotopic (exact) mass is 351 g/mol. The number of aromatic nitrogens is 2. The number of halogens is 1. The number of nitrogens with one attached hydrogen (secondary N) is 1. The molecule has 2 heterocycles. The van der Waals surface area contributed by atoms with Gasteiger partial charge in [0, 0.05) is 46.3 Å². The van der Waals surface area contributed by atoms with Crippen LogP contribution in [0.3, 0.4) is 0 Å². The van der Waals surface area contributed by atoms with Crippen LogP contribution in [0.15, 0.2) is 17.4 Å². The summed E-state index contributed by atoms with van der Waals surface area (Å²) < 4.78 is 12.9. The van der Waals surface area contributed by atoms with E-state index in [9.17, 15) is 9.18 Å². The highest BCUT2D eigenvalue weighted by atomic mass is 19.1. The van der Waals surface area contributed by atoms with Gasteiger partial charge in [-0.3, -0.25) is 4.79 Å². The first kappa shape index (κ1) is 18.9. The Morgan fingerprint density at radius 3 is 2.40 bits per heavy atom. The third-order valence-electron chi connectivity index (χ3n) is 3.75. The lowest BCUT2D eigenvalue weighted by Gasteiger charge is -2.37. The van der Waals surface area contributed by atoms with Crippen LogP contribution in [0.1, 0.15) is 13.8 Å². The maximum Gasteiger partial charge on any atom is 0.243 e. The van der Waals surface area contributed by atoms with Gasteiger partial charge in [-0.05, 0) is 13.8 Å². The normalized spacial score (nSPS) is 15.5. The van der Waals surface area contributed by atoms with Gasteiger partial charge in [-0.2, -0.15) is 0 Å². The highest BCUT2D eigenvalue weighted by Crippen LogP contribution is 2.11. The van der Waals surface area contributed by atoms with Crippen LogP contribution in [0, 0.1) is 5.82 Å². The zero-order valence-corrected chi connectivity index (χ0v) is 15.2. The van der Waals surface area contributed by atoms with Crippen molar-refractivity contribution < 1.29 is 9.18 Å². The average molecular weight is 351 g/mol. The predicted octanol–water partition coefficient (Wildman–Crippen LogP) is 0.180. The number of nitrogens with zero attached hydrogens (tertiary/aromatic N) is 6. The zero-order chi connectivity index (χ0) is 18.4. The molecule has 1 N–H and O–H groups in total. The predicted molar refractivity (Wildman–Crippen MR) is 95.0 cm³/mol. The summed E-state index contributed by atoms with van der Waals surface area (Å²) in [5.41, 5.74) is 0. The fraction of sp³-hybridized carbons (Fsp3) is 0.625. The number of anilines is 1. The van der Waals surface area contributed by atoms with Crippen LogP contribution >= 0.6 is 0 Å². The van der Waals surface area contributed by atoms with E-state index in [-0.39, 0.29) is 18.5 Å². The number of likely N-dealkylation sites (N-methyl/N-ethyl adjacent to an activating group) is 1. The number of amides is 1. The Balaban J connectivity index is 1.99. The van der Waals surface area contributed by atoms with Crippen LogP contribution in [0.2, 0.25) is 0 Å². The lowest BCUT2D eigenvalue weighted by molar-refractivity contribution is -0.127. The number of rotatable bonds is 4. The van der Waals surface area contributed by atoms with Crippen molar-refractivity contribution in [3.63, 3.8) is 0 Å². The number of piperazine rings is 1. The smallest absolute Gasteiger partial charge is 0.243 e. The van der Waals surface area contributed by atoms with Gasteiger partial charge < -0.3 is 20.0 Å². The van der Waals surface area contributed by atoms with E-state index in [1.165, 1.54) is 17.3 Å². The minimum absolute atomic E-state index is 0.0404. The lowest BCUT2D eigenvalue weighted by Crippen LogP contribution is -2.54. The third-order valence-corrected chi connectivity index (χ3v) is 3.75. The van der Waals surface area contributed by atoms with Gasteiger partial charge in [0.1, 0.15) is 6.54 Å². The van der Waals surface area contributed by atoms with Crippen LogP contribution in [0.25, 0.3) is 0 Å². The number of carbonyl (C=O) groups excluding carboxylic acids is 1. The van der Waals surface area contributed by atoms with Crippen molar-refractivity contribution in [1.82, 2.24) is 25.1 Å². The fourth-order valence-corrected chi connectivity index (χ4v) is 2.37. The molecule has 1 saturated heterocycles. The molecule has 0 atom stereocenters. The summed E-state index contributed by atoms with van der Waals surface area (Å²) in [6.45, 7) is 7.02. The largest absolute Gasteiger partial charge is 0.354 e. The Bertz CT molecular complexity index is 595. The molecule has 0 radical (unpaired) electrons. The molecule has 0 bridgehead atoms. The summed E-state index contributed by atoms with van der Waals surface area (Å²) in [5.74, 6) is 0.772. The van der Waals surface area contributed by atoms with Crippen molar-refractivity contribution >= 4 is 17.8 Å². The molecule has 1 aromatic rings. The molecule has 138 valence electrons. The van der Waals surface area contributed by atoms with Gasteiger partial charge >= 0.3 is 0 Å². The van der Waals surface area contributed by atoms with E-state index in [4.69, 9.17) is 0 Å². The number of hydrogen-bond acceptors (Lipinski definition) is 5. The fourth-order valence-electron chi connectivity index (χ4n) is 2.37. The van der Waals surface area contributed by atoms with Crippen LogP contribution in [0.5, 0.6) is 0 Å². The van der Waals surface area contributed by atoms with Gasteiger partial charge in [0.15, 0.2) is 11.8 Å². The van der Waals surface area contributed by atoms with Gasteiger partial charge in [0.05, 0.1) is 12.4 Å². The summed E-state index contributed by atoms with van der Waals surface area (Å²) in [5, 5.41) is 3.31. The van der Waals surface area contributed by atoms with Crippen molar-refractivity contribution in [2.24, 2.45) is 4.99 Å². The van der Waals surface area contributed by atoms with Crippen LogP contribution < -0.4 is 10.2 Å². The Morgan fingerprint density at radius 2 is 1.88 bits per heavy atom. The van der Waals surface area contributed by atoms with Gasteiger partial charge in [-0.1, -0.05) is 0 Å². The van der Waals surface area contributed by atoms with Gasteiger partial charge in [0.25, 0.3) is 0 Å². The molecule has 25 heavy (non-hydrogen) atoms. The first-order chi connectivity index (χ1) is 11.9. The topological polar surface area (TPSA) is 77.0 Å². The SMILES string of the molecule is CC(C)NC(=NCC(=O)N(C)C)N1CCN(c2ncc(F)cn2)CC1. The van der Waals surface area contributed by atoms with Gasteiger partial charge in [0.2, 0.25) is 11.9 Å². The molecule has 2 rings (SSSR count). The van der Waals surface area contributed by atoms with Crippen molar-refractivity contribution in [1.29, 1.82) is 0 Å². The molecule has 1 aliphatic heterocycles. The molecule has 0 aromatic carbocycles. The van der Waals surface area contributed by atoms with E-state index >= 15 is 0 Å². The summed E-state index contributed by atoms with van der Waals surface area (Å²) in [7, 11) is 3.43. The van der Waals surface area contributed by atoms with E-state index in [0.717, 1.165) is 19.0 Å². The Labute approximate surface area is 147 Å². The average Bonchev–Trinajstić information content (AvgIpc) is 2.58. The van der Waals surface area contributed by atoms with Crippen molar-refractivity contribution in [3.05, 3.63) is 18.2 Å². The number of guanidine groups is 1. The molecule has 0 spiro atoms. The van der Waals surface area contributed by atoms with Crippen molar-refractivity contribution in [3.8, 4) is 0 Å². The molecule has 0 saturated carbocycles.